The lowest BCUT2D eigenvalue weighted by Crippen LogP contribution is -2.41. The molecule has 0 atom stereocenters. The lowest BCUT2D eigenvalue weighted by atomic mass is 10.1. The van der Waals surface area contributed by atoms with Gasteiger partial charge >= 0.3 is 0 Å². The highest BCUT2D eigenvalue weighted by atomic mass is 16.5. The molecule has 1 fully saturated rings. The number of aromatic nitrogens is 1. The van der Waals surface area contributed by atoms with Crippen LogP contribution in [0.3, 0.4) is 0 Å². The Labute approximate surface area is 221 Å². The Bertz CT molecular complexity index is 1300. The molecule has 0 bridgehead atoms. The molecule has 3 N–H and O–H groups in total. The van der Waals surface area contributed by atoms with E-state index in [1.54, 1.807) is 42.5 Å². The monoisotopic (exact) mass is 513 g/mol. The predicted molar refractivity (Wildman–Crippen MR) is 147 cm³/mol. The third-order valence-electron chi connectivity index (χ3n) is 5.95. The van der Waals surface area contributed by atoms with Crippen LogP contribution in [0.15, 0.2) is 72.9 Å². The standard InChI is InChI=1S/C29H31N5O4/c1-21-4-2-7-25(18-21)32-29(37)23-6-3-5-22(19-23)8-11-27(35)33-26-10-9-24(20-31-26)28(36)30-12-13-34-14-16-38-17-15-34/h2-11,18-20H,12-17H2,1H3,(H,30,36)(H,32,37)(H,31,33,35)/b11-8+. The van der Waals surface area contributed by atoms with Crippen molar-refractivity contribution < 1.29 is 19.1 Å². The van der Waals surface area contributed by atoms with Crippen molar-refractivity contribution in [2.45, 2.75) is 6.92 Å². The average Bonchev–Trinajstić information content (AvgIpc) is 2.93. The summed E-state index contributed by atoms with van der Waals surface area (Å²) in [5.41, 5.74) is 3.38. The van der Waals surface area contributed by atoms with Gasteiger partial charge in [-0.05, 0) is 60.5 Å². The molecule has 9 heteroatoms. The predicted octanol–water partition coefficient (Wildman–Crippen LogP) is 3.36. The molecule has 0 aliphatic carbocycles. The Kier molecular flexibility index (Phi) is 9.33. The molecule has 1 aromatic heterocycles. The summed E-state index contributed by atoms with van der Waals surface area (Å²) >= 11 is 0. The number of hydrogen-bond acceptors (Lipinski definition) is 6. The Morgan fingerprint density at radius 3 is 2.53 bits per heavy atom. The quantitative estimate of drug-likeness (QED) is 0.378. The van der Waals surface area contributed by atoms with Crippen molar-refractivity contribution in [3.8, 4) is 0 Å². The number of morpholine rings is 1. The Balaban J connectivity index is 1.26. The van der Waals surface area contributed by atoms with Crippen molar-refractivity contribution >= 4 is 35.3 Å². The van der Waals surface area contributed by atoms with E-state index in [1.165, 1.54) is 12.3 Å². The number of anilines is 2. The Morgan fingerprint density at radius 2 is 1.76 bits per heavy atom. The first kappa shape index (κ1) is 26.7. The molecular formula is C29H31N5O4. The van der Waals surface area contributed by atoms with E-state index < -0.39 is 0 Å². The van der Waals surface area contributed by atoms with E-state index in [2.05, 4.69) is 25.8 Å². The number of benzene rings is 2. The molecular weight excluding hydrogens is 482 g/mol. The number of aryl methyl sites for hydroxylation is 1. The molecule has 38 heavy (non-hydrogen) atoms. The Hall–Kier alpha value is -4.34. The SMILES string of the molecule is Cc1cccc(NC(=O)c2cccc(/C=C/C(=O)Nc3ccc(C(=O)NCCN4CCOCC4)cn3)c2)c1. The molecule has 1 aliphatic rings. The molecule has 2 aromatic carbocycles. The smallest absolute Gasteiger partial charge is 0.255 e. The molecule has 0 unspecified atom stereocenters. The van der Waals surface area contributed by atoms with Crippen LogP contribution in [0, 0.1) is 6.92 Å². The van der Waals surface area contributed by atoms with Crippen LogP contribution < -0.4 is 16.0 Å². The van der Waals surface area contributed by atoms with E-state index in [1.807, 2.05) is 31.2 Å². The van der Waals surface area contributed by atoms with Gasteiger partial charge < -0.3 is 20.7 Å². The first-order chi connectivity index (χ1) is 18.5. The van der Waals surface area contributed by atoms with Crippen LogP contribution in [-0.4, -0.2) is 67.0 Å². The number of rotatable bonds is 9. The van der Waals surface area contributed by atoms with Crippen molar-refractivity contribution in [2.24, 2.45) is 0 Å². The highest BCUT2D eigenvalue weighted by Crippen LogP contribution is 2.14. The molecule has 4 rings (SSSR count). The van der Waals surface area contributed by atoms with E-state index >= 15 is 0 Å². The van der Waals surface area contributed by atoms with Crippen molar-refractivity contribution in [2.75, 3.05) is 50.0 Å². The van der Waals surface area contributed by atoms with Crippen molar-refractivity contribution in [1.82, 2.24) is 15.2 Å². The van der Waals surface area contributed by atoms with Gasteiger partial charge in [0.05, 0.1) is 18.8 Å². The fourth-order valence-corrected chi connectivity index (χ4v) is 3.91. The molecule has 0 saturated carbocycles. The number of ether oxygens (including phenoxy) is 1. The minimum absolute atomic E-state index is 0.213. The van der Waals surface area contributed by atoms with E-state index in [-0.39, 0.29) is 17.7 Å². The molecule has 0 spiro atoms. The maximum Gasteiger partial charge on any atom is 0.255 e. The van der Waals surface area contributed by atoms with Crippen molar-refractivity contribution in [3.05, 3.63) is 95.2 Å². The minimum Gasteiger partial charge on any atom is -0.379 e. The molecule has 196 valence electrons. The lowest BCUT2D eigenvalue weighted by Gasteiger charge is -2.26. The van der Waals surface area contributed by atoms with Gasteiger partial charge in [-0.2, -0.15) is 0 Å². The van der Waals surface area contributed by atoms with Crippen LogP contribution in [0.2, 0.25) is 0 Å². The second-order valence-corrected chi connectivity index (χ2v) is 8.91. The lowest BCUT2D eigenvalue weighted by molar-refractivity contribution is -0.111. The molecule has 2 heterocycles. The summed E-state index contributed by atoms with van der Waals surface area (Å²) in [7, 11) is 0. The molecule has 3 aromatic rings. The number of carbonyl (C=O) groups is 3. The van der Waals surface area contributed by atoms with Crippen molar-refractivity contribution in [1.29, 1.82) is 0 Å². The van der Waals surface area contributed by atoms with E-state index in [9.17, 15) is 14.4 Å². The number of hydrogen-bond donors (Lipinski definition) is 3. The number of nitrogens with zero attached hydrogens (tertiary/aromatic N) is 2. The van der Waals surface area contributed by atoms with Crippen LogP contribution in [0.1, 0.15) is 31.8 Å². The first-order valence-electron chi connectivity index (χ1n) is 12.5. The van der Waals surface area contributed by atoms with Gasteiger partial charge in [0.2, 0.25) is 5.91 Å². The van der Waals surface area contributed by atoms with E-state index in [0.717, 1.165) is 44.1 Å². The van der Waals surface area contributed by atoms with Gasteiger partial charge in [-0.3, -0.25) is 19.3 Å². The van der Waals surface area contributed by atoms with E-state index in [4.69, 9.17) is 4.74 Å². The van der Waals surface area contributed by atoms with Crippen LogP contribution in [0.25, 0.3) is 6.08 Å². The highest BCUT2D eigenvalue weighted by Gasteiger charge is 2.12. The largest absolute Gasteiger partial charge is 0.379 e. The zero-order chi connectivity index (χ0) is 26.7. The molecule has 1 aliphatic heterocycles. The normalized spacial score (nSPS) is 13.7. The molecule has 3 amide bonds. The summed E-state index contributed by atoms with van der Waals surface area (Å²) in [6.45, 7) is 6.45. The maximum atomic E-state index is 12.6. The second-order valence-electron chi connectivity index (χ2n) is 8.91. The maximum absolute atomic E-state index is 12.6. The van der Waals surface area contributed by atoms with Gasteiger partial charge in [-0.1, -0.05) is 24.3 Å². The van der Waals surface area contributed by atoms with Gasteiger partial charge in [0.25, 0.3) is 11.8 Å². The third-order valence-corrected chi connectivity index (χ3v) is 5.95. The molecule has 1 saturated heterocycles. The zero-order valence-corrected chi connectivity index (χ0v) is 21.3. The second kappa shape index (κ2) is 13.3. The van der Waals surface area contributed by atoms with Gasteiger partial charge in [0.15, 0.2) is 0 Å². The van der Waals surface area contributed by atoms with Crippen LogP contribution in [-0.2, 0) is 9.53 Å². The zero-order valence-electron chi connectivity index (χ0n) is 21.3. The van der Waals surface area contributed by atoms with Gasteiger partial charge in [0, 0.05) is 49.7 Å². The fourth-order valence-electron chi connectivity index (χ4n) is 3.91. The molecule has 0 radical (unpaired) electrons. The number of carbonyl (C=O) groups excluding carboxylic acids is 3. The average molecular weight is 514 g/mol. The fraction of sp³-hybridized carbons (Fsp3) is 0.241. The van der Waals surface area contributed by atoms with Gasteiger partial charge in [-0.15, -0.1) is 0 Å². The summed E-state index contributed by atoms with van der Waals surface area (Å²) in [6.07, 6.45) is 4.42. The number of amides is 3. The topological polar surface area (TPSA) is 113 Å². The minimum atomic E-state index is -0.380. The van der Waals surface area contributed by atoms with Crippen LogP contribution in [0.4, 0.5) is 11.5 Å². The highest BCUT2D eigenvalue weighted by molar-refractivity contribution is 6.05. The van der Waals surface area contributed by atoms with Crippen LogP contribution in [0.5, 0.6) is 0 Å². The van der Waals surface area contributed by atoms with E-state index in [0.29, 0.717) is 29.1 Å². The summed E-state index contributed by atoms with van der Waals surface area (Å²) in [5, 5.41) is 8.43. The summed E-state index contributed by atoms with van der Waals surface area (Å²) < 4.78 is 5.32. The van der Waals surface area contributed by atoms with Gasteiger partial charge in [-0.25, -0.2) is 4.98 Å². The molecule has 9 nitrogen and oxygen atoms in total. The first-order valence-corrected chi connectivity index (χ1v) is 12.5. The number of nitrogens with one attached hydrogen (secondary N) is 3. The number of pyridine rings is 1. The summed E-state index contributed by atoms with van der Waals surface area (Å²) in [6, 6.07) is 17.8. The Morgan fingerprint density at radius 1 is 0.947 bits per heavy atom. The van der Waals surface area contributed by atoms with Crippen molar-refractivity contribution in [3.63, 3.8) is 0 Å². The van der Waals surface area contributed by atoms with Gasteiger partial charge in [0.1, 0.15) is 5.82 Å². The van der Waals surface area contributed by atoms with Crippen LogP contribution >= 0.6 is 0 Å². The summed E-state index contributed by atoms with van der Waals surface area (Å²) in [5.74, 6) is -0.495. The third kappa shape index (κ3) is 8.09. The summed E-state index contributed by atoms with van der Waals surface area (Å²) in [4.78, 5) is 43.7.